The summed E-state index contributed by atoms with van der Waals surface area (Å²) in [4.78, 5) is 4.55. The molecule has 21 heavy (non-hydrogen) atoms. The molecule has 0 saturated heterocycles. The number of aromatic nitrogens is 1. The molecule has 1 rings (SSSR count). The predicted octanol–water partition coefficient (Wildman–Crippen LogP) is 3.07. The van der Waals surface area contributed by atoms with Crippen molar-refractivity contribution in [3.05, 3.63) is 23.5 Å². The second-order valence-corrected chi connectivity index (χ2v) is 6.14. The van der Waals surface area contributed by atoms with E-state index in [1.165, 1.54) is 0 Å². The van der Waals surface area contributed by atoms with Gasteiger partial charge in [-0.15, -0.1) is 0 Å². The summed E-state index contributed by atoms with van der Waals surface area (Å²) < 4.78 is 5.84. The Morgan fingerprint density at radius 1 is 1.29 bits per heavy atom. The van der Waals surface area contributed by atoms with E-state index in [-0.39, 0.29) is 0 Å². The number of nitrogens with one attached hydrogen (secondary N) is 1. The van der Waals surface area contributed by atoms with E-state index in [2.05, 4.69) is 24.1 Å². The van der Waals surface area contributed by atoms with Gasteiger partial charge in [0, 0.05) is 12.2 Å². The largest absolute Gasteiger partial charge is 0.489 e. The van der Waals surface area contributed by atoms with Gasteiger partial charge in [0.15, 0.2) is 0 Å². The Labute approximate surface area is 128 Å². The van der Waals surface area contributed by atoms with Gasteiger partial charge in [0.1, 0.15) is 12.4 Å². The third kappa shape index (κ3) is 6.02. The van der Waals surface area contributed by atoms with Crippen LogP contribution in [0.2, 0.25) is 0 Å². The Morgan fingerprint density at radius 3 is 2.52 bits per heavy atom. The van der Waals surface area contributed by atoms with Crippen LogP contribution in [0, 0.1) is 12.8 Å². The summed E-state index contributed by atoms with van der Waals surface area (Å²) in [6.45, 7) is 12.2. The summed E-state index contributed by atoms with van der Waals surface area (Å²) in [5, 5.41) is 13.7. The van der Waals surface area contributed by atoms with Crippen molar-refractivity contribution in [2.24, 2.45) is 5.92 Å². The minimum atomic E-state index is -0.756. The summed E-state index contributed by atoms with van der Waals surface area (Å²) >= 11 is 0. The molecule has 0 aliphatic heterocycles. The first kappa shape index (κ1) is 17.9. The Hall–Kier alpha value is -1.13. The third-order valence-electron chi connectivity index (χ3n) is 3.73. The van der Waals surface area contributed by atoms with Gasteiger partial charge in [-0.05, 0) is 44.4 Å². The van der Waals surface area contributed by atoms with E-state index >= 15 is 0 Å². The minimum Gasteiger partial charge on any atom is -0.489 e. The standard InChI is InChI=1S/C17H30N2O2/c1-6-17(20,7-2)12-21-16-9-8-14(5)19-15(16)11-18-10-13(3)4/h8-9,13,18,20H,6-7,10-12H2,1-5H3. The molecule has 0 amide bonds. The molecule has 1 aromatic heterocycles. The van der Waals surface area contributed by atoms with Gasteiger partial charge in [-0.3, -0.25) is 4.98 Å². The van der Waals surface area contributed by atoms with Crippen molar-refractivity contribution >= 4 is 0 Å². The van der Waals surface area contributed by atoms with Crippen LogP contribution in [0.5, 0.6) is 5.75 Å². The molecule has 0 spiro atoms. The van der Waals surface area contributed by atoms with Crippen molar-refractivity contribution in [2.45, 2.75) is 59.6 Å². The molecular weight excluding hydrogens is 264 g/mol. The van der Waals surface area contributed by atoms with Crippen LogP contribution in [-0.4, -0.2) is 28.8 Å². The van der Waals surface area contributed by atoms with Crippen LogP contribution in [0.3, 0.4) is 0 Å². The summed E-state index contributed by atoms with van der Waals surface area (Å²) in [5.74, 6) is 1.36. The van der Waals surface area contributed by atoms with Crippen LogP contribution >= 0.6 is 0 Å². The van der Waals surface area contributed by atoms with Gasteiger partial charge in [0.2, 0.25) is 0 Å². The molecule has 1 heterocycles. The van der Waals surface area contributed by atoms with Crippen molar-refractivity contribution in [1.29, 1.82) is 0 Å². The molecule has 1 aromatic rings. The average Bonchev–Trinajstić information content (AvgIpc) is 2.45. The molecule has 0 aromatic carbocycles. The predicted molar refractivity (Wildman–Crippen MR) is 86.5 cm³/mol. The molecule has 0 unspecified atom stereocenters. The smallest absolute Gasteiger partial charge is 0.142 e. The lowest BCUT2D eigenvalue weighted by Crippen LogP contribution is -2.34. The molecule has 120 valence electrons. The maximum absolute atomic E-state index is 10.3. The van der Waals surface area contributed by atoms with Gasteiger partial charge in [-0.2, -0.15) is 0 Å². The summed E-state index contributed by atoms with van der Waals surface area (Å²) in [6.07, 6.45) is 1.37. The minimum absolute atomic E-state index is 0.307. The number of aliphatic hydroxyl groups is 1. The maximum Gasteiger partial charge on any atom is 0.142 e. The molecule has 0 radical (unpaired) electrons. The van der Waals surface area contributed by atoms with Gasteiger partial charge in [-0.25, -0.2) is 0 Å². The van der Waals surface area contributed by atoms with Crippen molar-refractivity contribution in [2.75, 3.05) is 13.2 Å². The van der Waals surface area contributed by atoms with Crippen molar-refractivity contribution < 1.29 is 9.84 Å². The highest BCUT2D eigenvalue weighted by atomic mass is 16.5. The molecule has 0 bridgehead atoms. The Morgan fingerprint density at radius 2 is 1.95 bits per heavy atom. The molecule has 0 saturated carbocycles. The van der Waals surface area contributed by atoms with Crippen LogP contribution in [-0.2, 0) is 6.54 Å². The highest BCUT2D eigenvalue weighted by molar-refractivity contribution is 5.29. The Bertz CT molecular complexity index is 429. The molecule has 4 heteroatoms. The van der Waals surface area contributed by atoms with E-state index in [0.717, 1.165) is 23.7 Å². The fourth-order valence-electron chi connectivity index (χ4n) is 2.00. The number of ether oxygens (including phenoxy) is 1. The van der Waals surface area contributed by atoms with Crippen LogP contribution in [0.4, 0.5) is 0 Å². The summed E-state index contributed by atoms with van der Waals surface area (Å²) in [6, 6.07) is 3.89. The first-order valence-corrected chi connectivity index (χ1v) is 7.92. The molecule has 0 aliphatic carbocycles. The number of nitrogens with zero attached hydrogens (tertiary/aromatic N) is 1. The lowest BCUT2D eigenvalue weighted by atomic mass is 9.99. The monoisotopic (exact) mass is 294 g/mol. The number of hydrogen-bond acceptors (Lipinski definition) is 4. The lowest BCUT2D eigenvalue weighted by molar-refractivity contribution is -0.0117. The fourth-order valence-corrected chi connectivity index (χ4v) is 2.00. The van der Waals surface area contributed by atoms with Crippen molar-refractivity contribution in [3.8, 4) is 5.75 Å². The second kappa shape index (κ2) is 8.35. The van der Waals surface area contributed by atoms with E-state index < -0.39 is 5.60 Å². The Balaban J connectivity index is 2.72. The Kier molecular flexibility index (Phi) is 7.12. The fraction of sp³-hybridized carbons (Fsp3) is 0.706. The highest BCUT2D eigenvalue weighted by Gasteiger charge is 2.23. The molecular formula is C17H30N2O2. The average molecular weight is 294 g/mol. The van der Waals surface area contributed by atoms with Gasteiger partial charge < -0.3 is 15.2 Å². The zero-order valence-electron chi connectivity index (χ0n) is 14.1. The van der Waals surface area contributed by atoms with E-state index in [1.54, 1.807) is 0 Å². The van der Waals surface area contributed by atoms with Gasteiger partial charge in [0.25, 0.3) is 0 Å². The van der Waals surface area contributed by atoms with Gasteiger partial charge >= 0.3 is 0 Å². The zero-order valence-corrected chi connectivity index (χ0v) is 14.1. The number of aryl methyl sites for hydroxylation is 1. The van der Waals surface area contributed by atoms with E-state index in [1.807, 2.05) is 32.9 Å². The van der Waals surface area contributed by atoms with E-state index in [0.29, 0.717) is 31.9 Å². The summed E-state index contributed by atoms with van der Waals surface area (Å²) in [7, 11) is 0. The topological polar surface area (TPSA) is 54.4 Å². The third-order valence-corrected chi connectivity index (χ3v) is 3.73. The van der Waals surface area contributed by atoms with Crippen LogP contribution in [0.15, 0.2) is 12.1 Å². The summed E-state index contributed by atoms with van der Waals surface area (Å²) in [5.41, 5.74) is 1.13. The number of hydrogen-bond donors (Lipinski definition) is 2. The van der Waals surface area contributed by atoms with Crippen molar-refractivity contribution in [1.82, 2.24) is 10.3 Å². The highest BCUT2D eigenvalue weighted by Crippen LogP contribution is 2.21. The molecule has 4 nitrogen and oxygen atoms in total. The van der Waals surface area contributed by atoms with Gasteiger partial charge in [-0.1, -0.05) is 27.7 Å². The van der Waals surface area contributed by atoms with Crippen LogP contribution in [0.25, 0.3) is 0 Å². The SMILES string of the molecule is CCC(O)(CC)COc1ccc(C)nc1CNCC(C)C. The lowest BCUT2D eigenvalue weighted by Gasteiger charge is -2.25. The maximum atomic E-state index is 10.3. The quantitative estimate of drug-likeness (QED) is 0.735. The van der Waals surface area contributed by atoms with Crippen molar-refractivity contribution in [3.63, 3.8) is 0 Å². The molecule has 0 atom stereocenters. The first-order valence-electron chi connectivity index (χ1n) is 7.92. The normalized spacial score (nSPS) is 12.0. The number of rotatable bonds is 9. The van der Waals surface area contributed by atoms with Crippen LogP contribution < -0.4 is 10.1 Å². The molecule has 0 aliphatic rings. The van der Waals surface area contributed by atoms with Gasteiger partial charge in [0.05, 0.1) is 11.3 Å². The zero-order chi connectivity index (χ0) is 15.9. The van der Waals surface area contributed by atoms with E-state index in [9.17, 15) is 5.11 Å². The van der Waals surface area contributed by atoms with Crippen LogP contribution in [0.1, 0.15) is 51.9 Å². The van der Waals surface area contributed by atoms with E-state index in [4.69, 9.17) is 4.74 Å². The molecule has 0 fully saturated rings. The second-order valence-electron chi connectivity index (χ2n) is 6.14. The number of pyridine rings is 1. The molecule has 2 N–H and O–H groups in total. The first-order chi connectivity index (χ1) is 9.90.